The molecule has 4 heteroatoms. The lowest BCUT2D eigenvalue weighted by Crippen LogP contribution is -2.52. The first-order valence-corrected chi connectivity index (χ1v) is 6.16. The number of hydrogen-bond acceptors (Lipinski definition) is 4. The second kappa shape index (κ2) is 6.21. The summed E-state index contributed by atoms with van der Waals surface area (Å²) in [4.78, 5) is 11.8. The Labute approximate surface area is 97.7 Å². The van der Waals surface area contributed by atoms with E-state index in [1.165, 1.54) is 0 Å². The fourth-order valence-electron chi connectivity index (χ4n) is 1.78. The summed E-state index contributed by atoms with van der Waals surface area (Å²) in [6.07, 6.45) is 3.17. The van der Waals surface area contributed by atoms with Crippen LogP contribution in [0.3, 0.4) is 0 Å². The predicted octanol–water partition coefficient (Wildman–Crippen LogP) is 1.49. The molecule has 0 aliphatic carbocycles. The van der Waals surface area contributed by atoms with Crippen molar-refractivity contribution in [3.8, 4) is 0 Å². The van der Waals surface area contributed by atoms with Gasteiger partial charge < -0.3 is 9.47 Å². The van der Waals surface area contributed by atoms with Gasteiger partial charge in [-0.1, -0.05) is 6.92 Å². The fourth-order valence-corrected chi connectivity index (χ4v) is 1.78. The van der Waals surface area contributed by atoms with Gasteiger partial charge in [0.25, 0.3) is 0 Å². The summed E-state index contributed by atoms with van der Waals surface area (Å²) >= 11 is 0. The summed E-state index contributed by atoms with van der Waals surface area (Å²) in [7, 11) is 0. The second-order valence-electron chi connectivity index (χ2n) is 4.42. The Morgan fingerprint density at radius 1 is 1.56 bits per heavy atom. The fraction of sp³-hybridized carbons (Fsp3) is 0.917. The van der Waals surface area contributed by atoms with Crippen molar-refractivity contribution in [2.45, 2.75) is 51.7 Å². The van der Waals surface area contributed by atoms with Gasteiger partial charge in [0.2, 0.25) is 0 Å². The third-order valence-electron chi connectivity index (χ3n) is 3.18. The summed E-state index contributed by atoms with van der Waals surface area (Å²) < 4.78 is 10.6. The molecule has 2 atom stereocenters. The number of esters is 1. The number of carbonyl (C=O) groups is 1. The molecule has 1 N–H and O–H groups in total. The van der Waals surface area contributed by atoms with Crippen LogP contribution >= 0.6 is 0 Å². The number of nitrogens with one attached hydrogen (secondary N) is 1. The van der Waals surface area contributed by atoms with E-state index >= 15 is 0 Å². The maximum absolute atomic E-state index is 11.8. The second-order valence-corrected chi connectivity index (χ2v) is 4.42. The molecule has 16 heavy (non-hydrogen) atoms. The van der Waals surface area contributed by atoms with Gasteiger partial charge in [-0.15, -0.1) is 0 Å². The normalized spacial score (nSPS) is 24.1. The molecular formula is C12H23NO3. The monoisotopic (exact) mass is 229 g/mol. The van der Waals surface area contributed by atoms with E-state index < -0.39 is 5.54 Å². The van der Waals surface area contributed by atoms with Crippen LogP contribution in [-0.4, -0.2) is 37.4 Å². The molecule has 1 rings (SSSR count). The van der Waals surface area contributed by atoms with Gasteiger partial charge in [-0.25, -0.2) is 0 Å². The van der Waals surface area contributed by atoms with E-state index in [1.54, 1.807) is 0 Å². The highest BCUT2D eigenvalue weighted by Crippen LogP contribution is 2.15. The Kier molecular flexibility index (Phi) is 5.22. The van der Waals surface area contributed by atoms with E-state index in [1.807, 2.05) is 20.8 Å². The van der Waals surface area contributed by atoms with Crippen LogP contribution in [0.15, 0.2) is 0 Å². The first kappa shape index (κ1) is 13.5. The molecule has 0 spiro atoms. The van der Waals surface area contributed by atoms with Gasteiger partial charge in [0.15, 0.2) is 0 Å². The summed E-state index contributed by atoms with van der Waals surface area (Å²) in [5.74, 6) is -0.171. The highest BCUT2D eigenvalue weighted by atomic mass is 16.5. The van der Waals surface area contributed by atoms with E-state index in [9.17, 15) is 4.79 Å². The highest BCUT2D eigenvalue weighted by Gasteiger charge is 2.33. The maximum atomic E-state index is 11.8. The smallest absolute Gasteiger partial charge is 0.326 e. The Hall–Kier alpha value is -0.610. The van der Waals surface area contributed by atoms with Gasteiger partial charge in [-0.05, 0) is 33.1 Å². The molecule has 1 aliphatic rings. The molecule has 0 saturated carbocycles. The molecule has 0 bridgehead atoms. The third kappa shape index (κ3) is 3.46. The minimum Gasteiger partial charge on any atom is -0.465 e. The molecule has 0 aromatic rings. The van der Waals surface area contributed by atoms with E-state index in [4.69, 9.17) is 9.47 Å². The van der Waals surface area contributed by atoms with E-state index in [0.29, 0.717) is 6.61 Å². The molecule has 4 nitrogen and oxygen atoms in total. The van der Waals surface area contributed by atoms with Crippen LogP contribution in [0.5, 0.6) is 0 Å². The zero-order valence-electron chi connectivity index (χ0n) is 10.5. The van der Waals surface area contributed by atoms with Crippen molar-refractivity contribution in [2.75, 3.05) is 19.8 Å². The van der Waals surface area contributed by atoms with E-state index in [-0.39, 0.29) is 12.1 Å². The summed E-state index contributed by atoms with van der Waals surface area (Å²) in [6, 6.07) is 0. The van der Waals surface area contributed by atoms with Crippen LogP contribution in [-0.2, 0) is 14.3 Å². The van der Waals surface area contributed by atoms with Gasteiger partial charge >= 0.3 is 5.97 Å². The van der Waals surface area contributed by atoms with Crippen molar-refractivity contribution in [1.29, 1.82) is 0 Å². The van der Waals surface area contributed by atoms with Crippen molar-refractivity contribution < 1.29 is 14.3 Å². The summed E-state index contributed by atoms with van der Waals surface area (Å²) in [6.45, 7) is 7.70. The lowest BCUT2D eigenvalue weighted by atomic mass is 9.98. The molecule has 1 saturated heterocycles. The van der Waals surface area contributed by atoms with Crippen molar-refractivity contribution in [2.24, 2.45) is 0 Å². The van der Waals surface area contributed by atoms with Crippen LogP contribution in [0, 0.1) is 0 Å². The highest BCUT2D eigenvalue weighted by molar-refractivity contribution is 5.80. The molecule has 1 fully saturated rings. The zero-order valence-corrected chi connectivity index (χ0v) is 10.5. The molecular weight excluding hydrogens is 206 g/mol. The molecule has 0 amide bonds. The number of ether oxygens (including phenoxy) is 2. The average molecular weight is 229 g/mol. The van der Waals surface area contributed by atoms with Crippen molar-refractivity contribution in [3.05, 3.63) is 0 Å². The molecule has 1 aliphatic heterocycles. The number of carbonyl (C=O) groups excluding carboxylic acids is 1. The molecule has 94 valence electrons. The molecule has 2 unspecified atom stereocenters. The average Bonchev–Trinajstić information content (AvgIpc) is 2.79. The van der Waals surface area contributed by atoms with Crippen LogP contribution < -0.4 is 5.32 Å². The van der Waals surface area contributed by atoms with Crippen LogP contribution in [0.25, 0.3) is 0 Å². The van der Waals surface area contributed by atoms with Gasteiger partial charge in [0.1, 0.15) is 5.54 Å². The minimum absolute atomic E-state index is 0.171. The molecule has 0 aromatic carbocycles. The van der Waals surface area contributed by atoms with Crippen molar-refractivity contribution in [3.63, 3.8) is 0 Å². The molecule has 1 heterocycles. The number of hydrogen-bond donors (Lipinski definition) is 1. The lowest BCUT2D eigenvalue weighted by Gasteiger charge is -2.28. The van der Waals surface area contributed by atoms with Gasteiger partial charge in [0, 0.05) is 13.2 Å². The van der Waals surface area contributed by atoms with Crippen LogP contribution in [0.1, 0.15) is 40.0 Å². The topological polar surface area (TPSA) is 47.6 Å². The van der Waals surface area contributed by atoms with Crippen molar-refractivity contribution in [1.82, 2.24) is 5.32 Å². The molecule has 0 radical (unpaired) electrons. The minimum atomic E-state index is -0.581. The van der Waals surface area contributed by atoms with Crippen molar-refractivity contribution >= 4 is 5.97 Å². The molecule has 0 aromatic heterocycles. The Morgan fingerprint density at radius 3 is 2.81 bits per heavy atom. The Bertz CT molecular complexity index is 226. The quantitative estimate of drug-likeness (QED) is 0.701. The largest absolute Gasteiger partial charge is 0.465 e. The maximum Gasteiger partial charge on any atom is 0.326 e. The van der Waals surface area contributed by atoms with Gasteiger partial charge in [-0.2, -0.15) is 0 Å². The lowest BCUT2D eigenvalue weighted by molar-refractivity contribution is -0.150. The van der Waals surface area contributed by atoms with E-state index in [2.05, 4.69) is 5.32 Å². The predicted molar refractivity (Wildman–Crippen MR) is 62.3 cm³/mol. The van der Waals surface area contributed by atoms with E-state index in [0.717, 1.165) is 32.4 Å². The first-order valence-electron chi connectivity index (χ1n) is 6.16. The SMILES string of the molecule is CCOC(=O)C(C)(CC)NCC1CCCO1. The van der Waals surface area contributed by atoms with Gasteiger partial charge in [-0.3, -0.25) is 10.1 Å². The zero-order chi connectivity index (χ0) is 12.0. The Balaban J connectivity index is 2.41. The number of rotatable bonds is 6. The standard InChI is InChI=1S/C12H23NO3/c1-4-12(3,11(14)15-5-2)13-9-10-7-6-8-16-10/h10,13H,4-9H2,1-3H3. The van der Waals surface area contributed by atoms with Crippen LogP contribution in [0.4, 0.5) is 0 Å². The van der Waals surface area contributed by atoms with Gasteiger partial charge in [0.05, 0.1) is 12.7 Å². The third-order valence-corrected chi connectivity index (χ3v) is 3.18. The summed E-state index contributed by atoms with van der Waals surface area (Å²) in [5.41, 5.74) is -0.581. The Morgan fingerprint density at radius 2 is 2.31 bits per heavy atom. The van der Waals surface area contributed by atoms with Crippen LogP contribution in [0.2, 0.25) is 0 Å². The summed E-state index contributed by atoms with van der Waals surface area (Å²) in [5, 5.41) is 3.27. The first-order chi connectivity index (χ1) is 7.62.